The van der Waals surface area contributed by atoms with Crippen LogP contribution in [-0.4, -0.2) is 8.07 Å². The SMILES string of the molecule is [C-]#[N+]c1ccc2c(oc3c(-c4cc([Si](C)(C)C)c(C(C)C)c(C)[n+]4C)c(C)ccc32)c1-c1ccc(C(C)C)cc1. The third-order valence-corrected chi connectivity index (χ3v) is 10.5. The molecule has 5 rings (SSSR count). The van der Waals surface area contributed by atoms with Crippen LogP contribution in [-0.2, 0) is 7.05 Å². The smallest absolute Gasteiger partial charge is 0.216 e. The summed E-state index contributed by atoms with van der Waals surface area (Å²) >= 11 is 0. The highest BCUT2D eigenvalue weighted by Crippen LogP contribution is 2.44. The molecule has 2 aromatic heterocycles. The highest BCUT2D eigenvalue weighted by atomic mass is 28.3. The Labute approximate surface area is 240 Å². The summed E-state index contributed by atoms with van der Waals surface area (Å²) in [7, 11) is 0.553. The van der Waals surface area contributed by atoms with Crippen LogP contribution in [0.15, 0.2) is 59.0 Å². The number of furan rings is 1. The molecular formula is C36H41N2OSi+. The summed E-state index contributed by atoms with van der Waals surface area (Å²) in [5.74, 6) is 0.913. The maximum atomic E-state index is 7.94. The van der Waals surface area contributed by atoms with Gasteiger partial charge in [-0.1, -0.05) is 95.9 Å². The maximum Gasteiger partial charge on any atom is 0.216 e. The lowest BCUT2D eigenvalue weighted by atomic mass is 9.95. The van der Waals surface area contributed by atoms with Crippen LogP contribution in [0.3, 0.4) is 0 Å². The summed E-state index contributed by atoms with van der Waals surface area (Å²) in [4.78, 5) is 3.90. The van der Waals surface area contributed by atoms with E-state index in [1.807, 2.05) is 6.07 Å². The molecule has 0 N–H and O–H groups in total. The first-order valence-corrected chi connectivity index (χ1v) is 17.9. The van der Waals surface area contributed by atoms with Crippen molar-refractivity contribution in [3.8, 4) is 22.4 Å². The van der Waals surface area contributed by atoms with E-state index in [0.29, 0.717) is 17.5 Å². The lowest BCUT2D eigenvalue weighted by Gasteiger charge is -2.24. The summed E-state index contributed by atoms with van der Waals surface area (Å²) in [6.45, 7) is 28.7. The van der Waals surface area contributed by atoms with Crippen molar-refractivity contribution in [2.75, 3.05) is 0 Å². The maximum absolute atomic E-state index is 7.94. The minimum atomic E-state index is -1.63. The van der Waals surface area contributed by atoms with Gasteiger partial charge in [0.2, 0.25) is 5.69 Å². The largest absolute Gasteiger partial charge is 0.456 e. The van der Waals surface area contributed by atoms with Crippen molar-refractivity contribution in [1.29, 1.82) is 0 Å². The fourth-order valence-electron chi connectivity index (χ4n) is 6.17. The van der Waals surface area contributed by atoms with Gasteiger partial charge in [0, 0.05) is 34.9 Å². The Morgan fingerprint density at radius 1 is 0.800 bits per heavy atom. The molecule has 2 heterocycles. The summed E-state index contributed by atoms with van der Waals surface area (Å²) < 4.78 is 9.23. The Morgan fingerprint density at radius 2 is 1.40 bits per heavy atom. The Bertz CT molecular complexity index is 1810. The minimum absolute atomic E-state index is 0.453. The Balaban J connectivity index is 1.87. The molecule has 3 nitrogen and oxygen atoms in total. The lowest BCUT2D eigenvalue weighted by molar-refractivity contribution is -0.667. The molecule has 0 bridgehead atoms. The van der Waals surface area contributed by atoms with Crippen LogP contribution in [0, 0.1) is 20.4 Å². The number of aryl methyl sites for hydroxylation is 1. The van der Waals surface area contributed by atoms with Crippen LogP contribution >= 0.6 is 0 Å². The number of rotatable bonds is 5. The first-order valence-electron chi connectivity index (χ1n) is 14.4. The molecule has 5 aromatic rings. The minimum Gasteiger partial charge on any atom is -0.456 e. The van der Waals surface area contributed by atoms with E-state index in [9.17, 15) is 0 Å². The zero-order valence-electron chi connectivity index (χ0n) is 25.7. The molecule has 0 atom stereocenters. The quantitative estimate of drug-likeness (QED) is 0.122. The van der Waals surface area contributed by atoms with Crippen molar-refractivity contribution in [2.24, 2.45) is 7.05 Å². The van der Waals surface area contributed by atoms with Gasteiger partial charge in [0.05, 0.1) is 20.2 Å². The van der Waals surface area contributed by atoms with Crippen molar-refractivity contribution in [3.63, 3.8) is 0 Å². The second-order valence-electron chi connectivity index (χ2n) is 12.9. The molecule has 0 saturated carbocycles. The molecule has 0 amide bonds. The third kappa shape index (κ3) is 4.47. The zero-order chi connectivity index (χ0) is 29.1. The molecule has 0 aliphatic rings. The zero-order valence-corrected chi connectivity index (χ0v) is 26.7. The summed E-state index contributed by atoms with van der Waals surface area (Å²) in [6.07, 6.45) is 0. The topological polar surface area (TPSA) is 21.4 Å². The highest BCUT2D eigenvalue weighted by molar-refractivity contribution is 6.89. The molecule has 0 saturated heterocycles. The van der Waals surface area contributed by atoms with E-state index >= 15 is 0 Å². The van der Waals surface area contributed by atoms with Crippen molar-refractivity contribution in [2.45, 2.75) is 73.0 Å². The van der Waals surface area contributed by atoms with E-state index < -0.39 is 8.07 Å². The third-order valence-electron chi connectivity index (χ3n) is 8.45. The van der Waals surface area contributed by atoms with E-state index in [4.69, 9.17) is 11.0 Å². The number of fused-ring (bicyclic) bond motifs is 3. The number of pyridine rings is 1. The standard InChI is InChI=1S/C36H41N2OSi/c1-21(2)25-13-15-26(16-14-25)34-29(37-7)19-18-28-27-17-12-23(5)33(35(27)39-36(28)34)30-20-31(40(9,10)11)32(22(3)4)24(6)38(30)8/h12-22H,1-6,8-11H3/q+1. The van der Waals surface area contributed by atoms with Gasteiger partial charge in [-0.15, -0.1) is 0 Å². The van der Waals surface area contributed by atoms with Crippen LogP contribution in [0.1, 0.15) is 61.9 Å². The summed E-state index contributed by atoms with van der Waals surface area (Å²) in [6, 6.07) is 19.4. The Hall–Kier alpha value is -3.68. The van der Waals surface area contributed by atoms with Gasteiger partial charge in [-0.05, 0) is 40.6 Å². The Morgan fingerprint density at radius 3 is 1.95 bits per heavy atom. The summed E-state index contributed by atoms with van der Waals surface area (Å²) in [5.41, 5.74) is 11.8. The van der Waals surface area contributed by atoms with Crippen molar-refractivity contribution >= 4 is 40.9 Å². The summed E-state index contributed by atoms with van der Waals surface area (Å²) in [5, 5.41) is 3.66. The molecular weight excluding hydrogens is 504 g/mol. The average molecular weight is 546 g/mol. The van der Waals surface area contributed by atoms with Crippen LogP contribution in [0.4, 0.5) is 5.69 Å². The van der Waals surface area contributed by atoms with E-state index in [1.54, 1.807) is 0 Å². The van der Waals surface area contributed by atoms with Crippen LogP contribution < -0.4 is 9.75 Å². The number of hydrogen-bond acceptors (Lipinski definition) is 1. The molecule has 4 heteroatoms. The first-order chi connectivity index (χ1) is 18.8. The number of nitrogens with zero attached hydrogens (tertiary/aromatic N) is 2. The van der Waals surface area contributed by atoms with Gasteiger partial charge in [-0.2, -0.15) is 4.57 Å². The molecule has 0 unspecified atom stereocenters. The first kappa shape index (κ1) is 27.9. The average Bonchev–Trinajstić information content (AvgIpc) is 3.27. The van der Waals surface area contributed by atoms with Gasteiger partial charge >= 0.3 is 0 Å². The fourth-order valence-corrected chi connectivity index (χ4v) is 8.02. The van der Waals surface area contributed by atoms with Gasteiger partial charge in [-0.25, -0.2) is 4.85 Å². The van der Waals surface area contributed by atoms with Gasteiger partial charge in [0.1, 0.15) is 18.2 Å². The monoisotopic (exact) mass is 545 g/mol. The van der Waals surface area contributed by atoms with Crippen LogP contribution in [0.25, 0.3) is 49.2 Å². The van der Waals surface area contributed by atoms with E-state index in [0.717, 1.165) is 38.6 Å². The fraction of sp³-hybridized carbons (Fsp3) is 0.333. The molecule has 0 aliphatic carbocycles. The predicted molar refractivity (Wildman–Crippen MR) is 173 cm³/mol. The predicted octanol–water partition coefficient (Wildman–Crippen LogP) is 9.70. The molecule has 0 fully saturated rings. The van der Waals surface area contributed by atoms with Crippen LogP contribution in [0.2, 0.25) is 19.6 Å². The molecule has 3 aromatic carbocycles. The lowest BCUT2D eigenvalue weighted by Crippen LogP contribution is -2.47. The number of hydrogen-bond donors (Lipinski definition) is 0. The van der Waals surface area contributed by atoms with Gasteiger partial charge in [0.25, 0.3) is 0 Å². The number of benzene rings is 3. The van der Waals surface area contributed by atoms with Gasteiger partial charge < -0.3 is 4.42 Å². The van der Waals surface area contributed by atoms with Crippen molar-refractivity contribution in [1.82, 2.24) is 0 Å². The number of aromatic nitrogens is 1. The normalized spacial score (nSPS) is 12.2. The molecule has 0 radical (unpaired) electrons. The van der Waals surface area contributed by atoms with E-state index in [2.05, 4.69) is 126 Å². The van der Waals surface area contributed by atoms with E-state index in [-0.39, 0.29) is 0 Å². The Kier molecular flexibility index (Phi) is 7.00. The molecule has 0 aliphatic heterocycles. The highest BCUT2D eigenvalue weighted by Gasteiger charge is 2.31. The second-order valence-corrected chi connectivity index (χ2v) is 17.9. The second kappa shape index (κ2) is 10.1. The van der Waals surface area contributed by atoms with Crippen molar-refractivity contribution in [3.05, 3.63) is 88.4 Å². The molecule has 204 valence electrons. The van der Waals surface area contributed by atoms with Gasteiger partial charge in [-0.3, -0.25) is 0 Å². The van der Waals surface area contributed by atoms with Crippen molar-refractivity contribution < 1.29 is 8.98 Å². The van der Waals surface area contributed by atoms with E-state index in [1.165, 1.54) is 33.3 Å². The molecule has 0 spiro atoms. The molecule has 40 heavy (non-hydrogen) atoms. The van der Waals surface area contributed by atoms with Crippen LogP contribution in [0.5, 0.6) is 0 Å². The van der Waals surface area contributed by atoms with Gasteiger partial charge in [0.15, 0.2) is 11.4 Å².